The predicted octanol–water partition coefficient (Wildman–Crippen LogP) is 2.19. The van der Waals surface area contributed by atoms with E-state index >= 15 is 0 Å². The van der Waals surface area contributed by atoms with Gasteiger partial charge in [0.1, 0.15) is 0 Å². The maximum atomic E-state index is 12.4. The molecule has 0 aliphatic carbocycles. The first-order valence-corrected chi connectivity index (χ1v) is 7.51. The van der Waals surface area contributed by atoms with Gasteiger partial charge in [-0.25, -0.2) is 8.42 Å². The number of sulfonamides is 1. The van der Waals surface area contributed by atoms with Gasteiger partial charge < -0.3 is 5.73 Å². The molecule has 1 aromatic rings. The molecular formula is C14H20N2O2S. The molecule has 0 bridgehead atoms. The minimum absolute atomic E-state index is 0.200. The van der Waals surface area contributed by atoms with Crippen LogP contribution in [0, 0.1) is 0 Å². The molecule has 0 aliphatic rings. The average Bonchev–Trinajstić information content (AvgIpc) is 2.38. The monoisotopic (exact) mass is 280 g/mol. The normalized spacial score (nSPS) is 11.5. The van der Waals surface area contributed by atoms with E-state index in [0.717, 1.165) is 12.0 Å². The van der Waals surface area contributed by atoms with Crippen LogP contribution in [0.5, 0.6) is 0 Å². The molecular weight excluding hydrogens is 260 g/mol. The first-order valence-electron chi connectivity index (χ1n) is 6.07. The molecule has 0 saturated heterocycles. The van der Waals surface area contributed by atoms with Gasteiger partial charge in [0.25, 0.3) is 0 Å². The number of nitrogens with zero attached hydrogens (tertiary/aromatic N) is 1. The predicted molar refractivity (Wildman–Crippen MR) is 79.4 cm³/mol. The van der Waals surface area contributed by atoms with Crippen LogP contribution in [0.1, 0.15) is 12.5 Å². The van der Waals surface area contributed by atoms with E-state index < -0.39 is 10.0 Å². The van der Waals surface area contributed by atoms with Crippen LogP contribution in [0.3, 0.4) is 0 Å². The van der Waals surface area contributed by atoms with Gasteiger partial charge in [-0.1, -0.05) is 25.1 Å². The van der Waals surface area contributed by atoms with E-state index in [1.807, 2.05) is 6.92 Å². The Morgan fingerprint density at radius 1 is 1.26 bits per heavy atom. The minimum atomic E-state index is -3.56. The zero-order valence-corrected chi connectivity index (χ0v) is 12.0. The second kappa shape index (κ2) is 6.54. The van der Waals surface area contributed by atoms with Crippen molar-refractivity contribution in [2.45, 2.75) is 18.2 Å². The summed E-state index contributed by atoms with van der Waals surface area (Å²) < 4.78 is 26.2. The van der Waals surface area contributed by atoms with E-state index in [0.29, 0.717) is 5.69 Å². The van der Waals surface area contributed by atoms with Gasteiger partial charge in [0, 0.05) is 18.8 Å². The highest BCUT2D eigenvalue weighted by Gasteiger charge is 2.22. The van der Waals surface area contributed by atoms with Crippen LogP contribution in [0.4, 0.5) is 5.69 Å². The van der Waals surface area contributed by atoms with Crippen LogP contribution < -0.4 is 5.73 Å². The summed E-state index contributed by atoms with van der Waals surface area (Å²) in [6, 6.07) is 4.85. The van der Waals surface area contributed by atoms with Gasteiger partial charge in [-0.3, -0.25) is 0 Å². The largest absolute Gasteiger partial charge is 0.398 e. The SMILES string of the molecule is C=CCN(CC=C)S(=O)(=O)c1ccc(CC)c(N)c1. The van der Waals surface area contributed by atoms with Crippen molar-refractivity contribution in [1.29, 1.82) is 0 Å². The molecule has 2 N–H and O–H groups in total. The quantitative estimate of drug-likeness (QED) is 0.615. The molecule has 0 spiro atoms. The Morgan fingerprint density at radius 2 is 1.84 bits per heavy atom. The molecule has 104 valence electrons. The molecule has 1 aromatic carbocycles. The Morgan fingerprint density at radius 3 is 2.26 bits per heavy atom. The molecule has 0 saturated carbocycles. The number of aryl methyl sites for hydroxylation is 1. The van der Waals surface area contributed by atoms with Crippen molar-refractivity contribution in [2.75, 3.05) is 18.8 Å². The zero-order valence-electron chi connectivity index (χ0n) is 11.2. The van der Waals surface area contributed by atoms with Crippen LogP contribution in [0.25, 0.3) is 0 Å². The Bertz CT molecular complexity index is 555. The number of nitrogens with two attached hydrogens (primary N) is 1. The Hall–Kier alpha value is -1.59. The summed E-state index contributed by atoms with van der Waals surface area (Å²) >= 11 is 0. The Labute approximate surface area is 115 Å². The van der Waals surface area contributed by atoms with Gasteiger partial charge in [-0.2, -0.15) is 4.31 Å². The second-order valence-corrected chi connectivity index (χ2v) is 6.05. The second-order valence-electron chi connectivity index (χ2n) is 4.11. The van der Waals surface area contributed by atoms with Gasteiger partial charge >= 0.3 is 0 Å². The number of nitrogen functional groups attached to an aromatic ring is 1. The van der Waals surface area contributed by atoms with Crippen molar-refractivity contribution in [3.05, 3.63) is 49.1 Å². The van der Waals surface area contributed by atoms with E-state index in [4.69, 9.17) is 5.73 Å². The van der Waals surface area contributed by atoms with Gasteiger partial charge in [-0.15, -0.1) is 13.2 Å². The summed E-state index contributed by atoms with van der Waals surface area (Å²) in [4.78, 5) is 0.200. The van der Waals surface area contributed by atoms with E-state index in [1.54, 1.807) is 24.3 Å². The van der Waals surface area contributed by atoms with E-state index in [2.05, 4.69) is 13.2 Å². The van der Waals surface area contributed by atoms with Gasteiger partial charge in [-0.05, 0) is 24.1 Å². The number of anilines is 1. The van der Waals surface area contributed by atoms with Crippen LogP contribution in [0.15, 0.2) is 48.4 Å². The molecule has 0 fully saturated rings. The third-order valence-corrected chi connectivity index (χ3v) is 4.63. The van der Waals surface area contributed by atoms with Crippen molar-refractivity contribution in [3.8, 4) is 0 Å². The lowest BCUT2D eigenvalue weighted by molar-refractivity contribution is 0.474. The fourth-order valence-electron chi connectivity index (χ4n) is 1.76. The number of hydrogen-bond donors (Lipinski definition) is 1. The van der Waals surface area contributed by atoms with Crippen LogP contribution in [-0.4, -0.2) is 25.8 Å². The summed E-state index contributed by atoms with van der Waals surface area (Å²) in [6.07, 6.45) is 3.87. The third-order valence-electron chi connectivity index (χ3n) is 2.80. The lowest BCUT2D eigenvalue weighted by atomic mass is 10.1. The summed E-state index contributed by atoms with van der Waals surface area (Å²) in [7, 11) is -3.56. The third kappa shape index (κ3) is 3.45. The molecule has 0 amide bonds. The van der Waals surface area contributed by atoms with Crippen molar-refractivity contribution in [2.24, 2.45) is 0 Å². The van der Waals surface area contributed by atoms with E-state index in [1.165, 1.54) is 10.4 Å². The fraction of sp³-hybridized carbons (Fsp3) is 0.286. The zero-order chi connectivity index (χ0) is 14.5. The van der Waals surface area contributed by atoms with Gasteiger partial charge in [0.15, 0.2) is 0 Å². The summed E-state index contributed by atoms with van der Waals surface area (Å²) in [5.74, 6) is 0. The van der Waals surface area contributed by atoms with Crippen LogP contribution >= 0.6 is 0 Å². The first-order chi connectivity index (χ1) is 8.97. The molecule has 0 radical (unpaired) electrons. The summed E-state index contributed by atoms with van der Waals surface area (Å²) in [5.41, 5.74) is 7.30. The van der Waals surface area contributed by atoms with Crippen molar-refractivity contribution >= 4 is 15.7 Å². The van der Waals surface area contributed by atoms with Crippen LogP contribution in [0.2, 0.25) is 0 Å². The standard InChI is InChI=1S/C14H20N2O2S/c1-4-9-16(10-5-2)19(17,18)13-8-7-12(6-3)14(15)11-13/h4-5,7-8,11H,1-2,6,9-10,15H2,3H3. The molecule has 19 heavy (non-hydrogen) atoms. The maximum Gasteiger partial charge on any atom is 0.243 e. The molecule has 1 rings (SSSR count). The van der Waals surface area contributed by atoms with E-state index in [-0.39, 0.29) is 18.0 Å². The Balaban J connectivity index is 3.20. The van der Waals surface area contributed by atoms with Crippen molar-refractivity contribution in [1.82, 2.24) is 4.31 Å². The summed E-state index contributed by atoms with van der Waals surface area (Å²) in [5, 5.41) is 0. The number of benzene rings is 1. The minimum Gasteiger partial charge on any atom is -0.398 e. The lowest BCUT2D eigenvalue weighted by Crippen LogP contribution is -2.31. The molecule has 0 heterocycles. The van der Waals surface area contributed by atoms with Gasteiger partial charge in [0.05, 0.1) is 4.90 Å². The van der Waals surface area contributed by atoms with Gasteiger partial charge in [0.2, 0.25) is 10.0 Å². The van der Waals surface area contributed by atoms with Crippen molar-refractivity contribution < 1.29 is 8.42 Å². The molecule has 0 unspecified atom stereocenters. The summed E-state index contributed by atoms with van der Waals surface area (Å²) in [6.45, 7) is 9.59. The maximum absolute atomic E-state index is 12.4. The smallest absolute Gasteiger partial charge is 0.243 e. The average molecular weight is 280 g/mol. The topological polar surface area (TPSA) is 63.4 Å². The molecule has 4 nitrogen and oxygen atoms in total. The molecule has 0 aliphatic heterocycles. The molecule has 0 aromatic heterocycles. The Kier molecular flexibility index (Phi) is 5.32. The van der Waals surface area contributed by atoms with Crippen LogP contribution in [-0.2, 0) is 16.4 Å². The number of rotatable bonds is 7. The number of hydrogen-bond acceptors (Lipinski definition) is 3. The van der Waals surface area contributed by atoms with E-state index in [9.17, 15) is 8.42 Å². The van der Waals surface area contributed by atoms with Crippen molar-refractivity contribution in [3.63, 3.8) is 0 Å². The lowest BCUT2D eigenvalue weighted by Gasteiger charge is -2.19. The molecule has 0 atom stereocenters. The highest BCUT2D eigenvalue weighted by atomic mass is 32.2. The fourth-order valence-corrected chi connectivity index (χ4v) is 3.18. The molecule has 5 heteroatoms. The first kappa shape index (κ1) is 15.5. The highest BCUT2D eigenvalue weighted by Crippen LogP contribution is 2.21. The highest BCUT2D eigenvalue weighted by molar-refractivity contribution is 7.89.